The van der Waals surface area contributed by atoms with Gasteiger partial charge in [-0.3, -0.25) is 9.10 Å². The fraction of sp³-hybridized carbons (Fsp3) is 0.435. The van der Waals surface area contributed by atoms with Gasteiger partial charge < -0.3 is 9.80 Å². The summed E-state index contributed by atoms with van der Waals surface area (Å²) in [5, 5.41) is 0. The normalized spacial score (nSPS) is 16.3. The predicted molar refractivity (Wildman–Crippen MR) is 120 cm³/mol. The maximum Gasteiger partial charge on any atom is 0.246 e. The lowest BCUT2D eigenvalue weighted by atomic mass is 10.1. The van der Waals surface area contributed by atoms with Crippen LogP contribution in [0.15, 0.2) is 48.5 Å². The number of anilines is 1. The zero-order valence-corrected chi connectivity index (χ0v) is 19.1. The number of carbonyl (C=O) groups excluding carboxylic acids is 1. The van der Waals surface area contributed by atoms with E-state index in [-0.39, 0.29) is 5.91 Å². The van der Waals surface area contributed by atoms with Crippen LogP contribution in [0.1, 0.15) is 23.6 Å². The van der Waals surface area contributed by atoms with Crippen molar-refractivity contribution in [1.29, 1.82) is 0 Å². The summed E-state index contributed by atoms with van der Waals surface area (Å²) in [5.41, 5.74) is 3.77. The molecule has 0 radical (unpaired) electrons. The first-order chi connectivity index (χ1) is 14.1. The standard InChI is InChI=1S/C23H31N3O3S/c1-18-14-19(2)16-22(15-18)26(30(4,28)29)20(3)23(27)25-12-10-24(11-13-25)17-21-8-6-5-7-9-21/h5-9,14-16,20H,10-13,17H2,1-4H3/p+1/t20-/m1/s1. The molecular formula is C23H32N3O3S+. The maximum atomic E-state index is 13.2. The number of hydrogen-bond acceptors (Lipinski definition) is 3. The van der Waals surface area contributed by atoms with Crippen LogP contribution >= 0.6 is 0 Å². The average Bonchev–Trinajstić information content (AvgIpc) is 2.67. The molecule has 6 nitrogen and oxygen atoms in total. The molecule has 1 aliphatic heterocycles. The maximum absolute atomic E-state index is 13.2. The molecule has 0 aromatic heterocycles. The summed E-state index contributed by atoms with van der Waals surface area (Å²) >= 11 is 0. The summed E-state index contributed by atoms with van der Waals surface area (Å²) in [7, 11) is -3.61. The molecule has 2 aromatic carbocycles. The number of piperazine rings is 1. The van der Waals surface area contributed by atoms with Crippen molar-refractivity contribution >= 4 is 21.6 Å². The topological polar surface area (TPSA) is 62.1 Å². The van der Waals surface area contributed by atoms with Gasteiger partial charge in [-0.05, 0) is 44.0 Å². The van der Waals surface area contributed by atoms with Gasteiger partial charge in [-0.15, -0.1) is 0 Å². The minimum Gasteiger partial charge on any atom is -0.330 e. The third-order valence-electron chi connectivity index (χ3n) is 5.61. The van der Waals surface area contributed by atoms with E-state index in [9.17, 15) is 13.2 Å². The van der Waals surface area contributed by atoms with Gasteiger partial charge in [0.1, 0.15) is 12.6 Å². The zero-order valence-electron chi connectivity index (χ0n) is 18.3. The number of quaternary nitrogens is 1. The van der Waals surface area contributed by atoms with Crippen molar-refractivity contribution in [1.82, 2.24) is 4.90 Å². The monoisotopic (exact) mass is 430 g/mol. The van der Waals surface area contributed by atoms with Crippen LogP contribution in [0.25, 0.3) is 0 Å². The van der Waals surface area contributed by atoms with Crippen LogP contribution in [0.5, 0.6) is 0 Å². The second kappa shape index (κ2) is 9.18. The van der Waals surface area contributed by atoms with Crippen LogP contribution in [0.3, 0.4) is 0 Å². The summed E-state index contributed by atoms with van der Waals surface area (Å²) in [5.74, 6) is -0.140. The SMILES string of the molecule is Cc1cc(C)cc(N([C@H](C)C(=O)N2CC[NH+](Cc3ccccc3)CC2)S(C)(=O)=O)c1. The summed E-state index contributed by atoms with van der Waals surface area (Å²) in [4.78, 5) is 16.4. The van der Waals surface area contributed by atoms with Gasteiger partial charge in [-0.25, -0.2) is 8.42 Å². The third kappa shape index (κ3) is 5.40. The van der Waals surface area contributed by atoms with Crippen molar-refractivity contribution < 1.29 is 18.1 Å². The highest BCUT2D eigenvalue weighted by Gasteiger charge is 2.34. The van der Waals surface area contributed by atoms with E-state index in [1.165, 1.54) is 14.8 Å². The number of benzene rings is 2. The molecule has 162 valence electrons. The summed E-state index contributed by atoms with van der Waals surface area (Å²) in [6.07, 6.45) is 1.16. The number of carbonyl (C=O) groups is 1. The molecule has 0 spiro atoms. The Hall–Kier alpha value is -2.38. The average molecular weight is 431 g/mol. The van der Waals surface area contributed by atoms with Crippen molar-refractivity contribution in [2.75, 3.05) is 36.7 Å². The number of sulfonamides is 1. The quantitative estimate of drug-likeness (QED) is 0.753. The van der Waals surface area contributed by atoms with Crippen LogP contribution in [0.2, 0.25) is 0 Å². The van der Waals surface area contributed by atoms with E-state index in [1.807, 2.05) is 50.2 Å². The van der Waals surface area contributed by atoms with Gasteiger partial charge >= 0.3 is 0 Å². The van der Waals surface area contributed by atoms with Crippen LogP contribution in [-0.4, -0.2) is 57.7 Å². The van der Waals surface area contributed by atoms with Gasteiger partial charge in [-0.1, -0.05) is 36.4 Å². The zero-order chi connectivity index (χ0) is 21.9. The van der Waals surface area contributed by atoms with Crippen molar-refractivity contribution in [3.05, 3.63) is 65.2 Å². The second-order valence-electron chi connectivity index (χ2n) is 8.32. The summed E-state index contributed by atoms with van der Waals surface area (Å²) in [6.45, 7) is 9.47. The van der Waals surface area contributed by atoms with Crippen LogP contribution in [0, 0.1) is 13.8 Å². The number of hydrogen-bond donors (Lipinski definition) is 1. The van der Waals surface area contributed by atoms with Crippen LogP contribution < -0.4 is 9.21 Å². The second-order valence-corrected chi connectivity index (χ2v) is 10.2. The molecule has 7 heteroatoms. The van der Waals surface area contributed by atoms with E-state index in [4.69, 9.17) is 0 Å². The van der Waals surface area contributed by atoms with Crippen LogP contribution in [-0.2, 0) is 21.4 Å². The Bertz CT molecular complexity index is 964. The molecule has 1 amide bonds. The number of aryl methyl sites for hydroxylation is 2. The van der Waals surface area contributed by atoms with Gasteiger partial charge in [0, 0.05) is 5.56 Å². The minimum absolute atomic E-state index is 0.140. The largest absolute Gasteiger partial charge is 0.330 e. The van der Waals surface area contributed by atoms with Crippen LogP contribution in [0.4, 0.5) is 5.69 Å². The third-order valence-corrected chi connectivity index (χ3v) is 6.85. The van der Waals surface area contributed by atoms with Gasteiger partial charge in [0.2, 0.25) is 15.9 Å². The highest BCUT2D eigenvalue weighted by atomic mass is 32.2. The fourth-order valence-corrected chi connectivity index (χ4v) is 5.40. The predicted octanol–water partition coefficient (Wildman–Crippen LogP) is 1.39. The van der Waals surface area contributed by atoms with E-state index in [1.54, 1.807) is 11.8 Å². The molecule has 0 unspecified atom stereocenters. The molecule has 2 aromatic rings. The van der Waals surface area contributed by atoms with Gasteiger partial charge in [0.05, 0.1) is 38.1 Å². The highest BCUT2D eigenvalue weighted by Crippen LogP contribution is 2.24. The van der Waals surface area contributed by atoms with E-state index in [0.717, 1.165) is 37.0 Å². The van der Waals surface area contributed by atoms with Crippen molar-refractivity contribution in [3.63, 3.8) is 0 Å². The molecule has 1 saturated heterocycles. The number of nitrogens with zero attached hydrogens (tertiary/aromatic N) is 2. The first kappa shape index (κ1) is 22.3. The number of amides is 1. The molecule has 1 N–H and O–H groups in total. The Labute approximate surface area is 180 Å². The lowest BCUT2D eigenvalue weighted by Gasteiger charge is -2.36. The smallest absolute Gasteiger partial charge is 0.246 e. The summed E-state index contributed by atoms with van der Waals surface area (Å²) in [6, 6.07) is 15.2. The lowest BCUT2D eigenvalue weighted by Crippen LogP contribution is -3.13. The highest BCUT2D eigenvalue weighted by molar-refractivity contribution is 7.92. The fourth-order valence-electron chi connectivity index (χ4n) is 4.25. The van der Waals surface area contributed by atoms with E-state index in [0.29, 0.717) is 18.8 Å². The Morgan fingerprint density at radius 3 is 2.17 bits per heavy atom. The molecule has 1 fully saturated rings. The van der Waals surface area contributed by atoms with Crippen molar-refractivity contribution in [2.24, 2.45) is 0 Å². The van der Waals surface area contributed by atoms with E-state index >= 15 is 0 Å². The lowest BCUT2D eigenvalue weighted by molar-refractivity contribution is -0.917. The van der Waals surface area contributed by atoms with Crippen molar-refractivity contribution in [2.45, 2.75) is 33.4 Å². The van der Waals surface area contributed by atoms with Gasteiger partial charge in [-0.2, -0.15) is 0 Å². The molecule has 1 heterocycles. The molecule has 0 saturated carbocycles. The molecule has 30 heavy (non-hydrogen) atoms. The molecular weight excluding hydrogens is 398 g/mol. The number of nitrogens with one attached hydrogen (secondary N) is 1. The Morgan fingerprint density at radius 2 is 1.63 bits per heavy atom. The molecule has 1 aliphatic rings. The first-order valence-electron chi connectivity index (χ1n) is 10.4. The molecule has 1 atom stereocenters. The van der Waals surface area contributed by atoms with E-state index in [2.05, 4.69) is 12.1 Å². The molecule has 0 bridgehead atoms. The number of rotatable bonds is 6. The molecule has 0 aliphatic carbocycles. The van der Waals surface area contributed by atoms with Gasteiger partial charge in [0.25, 0.3) is 0 Å². The Kier molecular flexibility index (Phi) is 6.83. The van der Waals surface area contributed by atoms with Crippen molar-refractivity contribution in [3.8, 4) is 0 Å². The summed E-state index contributed by atoms with van der Waals surface area (Å²) < 4.78 is 26.4. The Morgan fingerprint density at radius 1 is 1.07 bits per heavy atom. The minimum atomic E-state index is -3.61. The molecule has 3 rings (SSSR count). The Balaban J connectivity index is 1.70. The van der Waals surface area contributed by atoms with Gasteiger partial charge in [0.15, 0.2) is 0 Å². The van der Waals surface area contributed by atoms with E-state index < -0.39 is 16.1 Å². The first-order valence-corrected chi connectivity index (χ1v) is 12.2.